The smallest absolute Gasteiger partial charge is 0.407 e. The lowest BCUT2D eigenvalue weighted by Gasteiger charge is -2.39. The number of hydrogen-bond acceptors (Lipinski definition) is 13. The van der Waals surface area contributed by atoms with E-state index in [1.54, 1.807) is 0 Å². The standard InChI is InChI=1S/C41H72N4O13/c1-3-5-7-9-11-13-15-17-19-21-24-42-40(52)57-35-30(28-54-38-34(50)33(49)32(48)29(27-46)56-38)55-37(45-26-23-31(47)44-39(45)51)36(35)58-41(53)43-25-22-20-18-16-14-12-10-8-6-4-2/h23,26,29-30,32-38,46,48-50H,3-22,24-25,27-28H2,1-2H3,(H,42,52)(H,43,53)(H,44,47,51)/t29?,30-,32-,33+,34?,35?,36+,37-,38-/m1/s1. The van der Waals surface area contributed by atoms with Gasteiger partial charge >= 0.3 is 17.9 Å². The zero-order valence-electron chi connectivity index (χ0n) is 34.7. The van der Waals surface area contributed by atoms with Crippen molar-refractivity contribution in [1.82, 2.24) is 20.2 Å². The van der Waals surface area contributed by atoms with E-state index in [1.807, 2.05) is 0 Å². The summed E-state index contributed by atoms with van der Waals surface area (Å²) in [7, 11) is 0. The van der Waals surface area contributed by atoms with Crippen molar-refractivity contribution in [3.8, 4) is 0 Å². The van der Waals surface area contributed by atoms with Gasteiger partial charge in [-0.3, -0.25) is 14.3 Å². The van der Waals surface area contributed by atoms with Gasteiger partial charge in [-0.15, -0.1) is 0 Å². The van der Waals surface area contributed by atoms with Crippen LogP contribution in [0.5, 0.6) is 0 Å². The van der Waals surface area contributed by atoms with Crippen LogP contribution in [0.3, 0.4) is 0 Å². The number of ether oxygens (including phenoxy) is 5. The van der Waals surface area contributed by atoms with Crippen LogP contribution >= 0.6 is 0 Å². The summed E-state index contributed by atoms with van der Waals surface area (Å²) in [6, 6.07) is 1.08. The normalized spacial score (nSPS) is 25.7. The van der Waals surface area contributed by atoms with Crippen molar-refractivity contribution in [2.75, 3.05) is 26.3 Å². The van der Waals surface area contributed by atoms with Crippen molar-refractivity contribution in [2.45, 2.75) is 198 Å². The molecule has 2 amide bonds. The molecule has 7 N–H and O–H groups in total. The maximum atomic E-state index is 13.2. The topological polar surface area (TPSA) is 240 Å². The lowest BCUT2D eigenvalue weighted by Crippen LogP contribution is -2.59. The van der Waals surface area contributed by atoms with Gasteiger partial charge in [0, 0.05) is 25.4 Å². The highest BCUT2D eigenvalue weighted by molar-refractivity contribution is 5.68. The van der Waals surface area contributed by atoms with Gasteiger partial charge in [0.25, 0.3) is 5.56 Å². The maximum Gasteiger partial charge on any atom is 0.407 e. The molecular weight excluding hydrogens is 756 g/mol. The van der Waals surface area contributed by atoms with Gasteiger partial charge in [0.05, 0.1) is 13.2 Å². The Morgan fingerprint density at radius 3 is 1.64 bits per heavy atom. The average molecular weight is 829 g/mol. The molecule has 0 aromatic carbocycles. The van der Waals surface area contributed by atoms with E-state index in [9.17, 15) is 39.6 Å². The Bertz CT molecular complexity index is 1390. The van der Waals surface area contributed by atoms with Gasteiger partial charge in [0.2, 0.25) is 0 Å². The minimum Gasteiger partial charge on any atom is -0.439 e. The van der Waals surface area contributed by atoms with Gasteiger partial charge in [-0.05, 0) is 12.8 Å². The molecule has 2 aliphatic heterocycles. The van der Waals surface area contributed by atoms with Gasteiger partial charge in [-0.25, -0.2) is 14.4 Å². The Morgan fingerprint density at radius 2 is 1.16 bits per heavy atom. The van der Waals surface area contributed by atoms with Crippen LogP contribution in [0.1, 0.15) is 148 Å². The number of nitrogens with one attached hydrogen (secondary N) is 3. The van der Waals surface area contributed by atoms with Crippen molar-refractivity contribution in [1.29, 1.82) is 0 Å². The molecule has 0 bridgehead atoms. The molecule has 0 radical (unpaired) electrons. The molecule has 2 saturated heterocycles. The number of H-pyrrole nitrogens is 1. The van der Waals surface area contributed by atoms with Crippen molar-refractivity contribution < 1.29 is 53.7 Å². The average Bonchev–Trinajstić information content (AvgIpc) is 3.52. The first-order valence-electron chi connectivity index (χ1n) is 21.9. The highest BCUT2D eigenvalue weighted by Crippen LogP contribution is 2.34. The number of rotatable bonds is 29. The van der Waals surface area contributed by atoms with Crippen molar-refractivity contribution in [2.24, 2.45) is 0 Å². The van der Waals surface area contributed by atoms with Crippen LogP contribution < -0.4 is 21.9 Å². The number of hydrogen-bond donors (Lipinski definition) is 7. The molecule has 0 saturated carbocycles. The molecule has 17 heteroatoms. The molecule has 0 aliphatic carbocycles. The summed E-state index contributed by atoms with van der Waals surface area (Å²) in [5, 5.41) is 46.2. The summed E-state index contributed by atoms with van der Waals surface area (Å²) >= 11 is 0. The predicted molar refractivity (Wildman–Crippen MR) is 215 cm³/mol. The van der Waals surface area contributed by atoms with Crippen LogP contribution in [0.4, 0.5) is 9.59 Å². The number of nitrogens with zero attached hydrogens (tertiary/aromatic N) is 1. The molecule has 2 fully saturated rings. The molecular formula is C41H72N4O13. The quantitative estimate of drug-likeness (QED) is 0.0559. The van der Waals surface area contributed by atoms with E-state index in [0.29, 0.717) is 25.9 Å². The van der Waals surface area contributed by atoms with Gasteiger partial charge in [-0.2, -0.15) is 0 Å². The van der Waals surface area contributed by atoms with E-state index in [-0.39, 0.29) is 0 Å². The molecule has 334 valence electrons. The third-order valence-corrected chi connectivity index (χ3v) is 10.8. The van der Waals surface area contributed by atoms with Crippen molar-refractivity contribution in [3.63, 3.8) is 0 Å². The number of amides is 2. The van der Waals surface area contributed by atoms with E-state index in [2.05, 4.69) is 29.5 Å². The predicted octanol–water partition coefficient (Wildman–Crippen LogP) is 4.28. The first-order valence-corrected chi connectivity index (χ1v) is 21.9. The number of unbranched alkanes of at least 4 members (excludes halogenated alkanes) is 18. The summed E-state index contributed by atoms with van der Waals surface area (Å²) in [6.45, 7) is 3.87. The summed E-state index contributed by atoms with van der Waals surface area (Å²) in [6.07, 6.45) is 8.57. The van der Waals surface area contributed by atoms with Crippen molar-refractivity contribution in [3.05, 3.63) is 33.1 Å². The van der Waals surface area contributed by atoms with Crippen LogP contribution in [0.25, 0.3) is 0 Å². The lowest BCUT2D eigenvalue weighted by molar-refractivity contribution is -0.306. The number of aliphatic hydroxyl groups excluding tert-OH is 4. The molecule has 3 rings (SSSR count). The fourth-order valence-electron chi connectivity index (χ4n) is 7.29. The first kappa shape index (κ1) is 49.3. The maximum absolute atomic E-state index is 13.2. The molecule has 3 unspecified atom stereocenters. The molecule has 9 atom stereocenters. The lowest BCUT2D eigenvalue weighted by atomic mass is 9.99. The fourth-order valence-corrected chi connectivity index (χ4v) is 7.29. The van der Waals surface area contributed by atoms with Crippen LogP contribution in [0.2, 0.25) is 0 Å². The zero-order valence-corrected chi connectivity index (χ0v) is 34.7. The van der Waals surface area contributed by atoms with E-state index < -0.39 is 91.9 Å². The van der Waals surface area contributed by atoms with Gasteiger partial charge in [0.1, 0.15) is 30.5 Å². The molecule has 1 aromatic rings. The molecule has 3 heterocycles. The summed E-state index contributed by atoms with van der Waals surface area (Å²) in [4.78, 5) is 53.5. The number of aromatic nitrogens is 2. The highest BCUT2D eigenvalue weighted by atomic mass is 16.7. The van der Waals surface area contributed by atoms with Crippen molar-refractivity contribution >= 4 is 12.2 Å². The fraction of sp³-hybridized carbons (Fsp3) is 0.854. The van der Waals surface area contributed by atoms with E-state index in [1.165, 1.54) is 77.0 Å². The number of aliphatic hydroxyl groups is 4. The minimum absolute atomic E-state index is 0.320. The molecule has 1 aromatic heterocycles. The van der Waals surface area contributed by atoms with Crippen LogP contribution in [0, 0.1) is 0 Å². The summed E-state index contributed by atoms with van der Waals surface area (Å²) < 4.78 is 30.0. The van der Waals surface area contributed by atoms with Gasteiger partial charge in [-0.1, -0.05) is 129 Å². The van der Waals surface area contributed by atoms with Crippen LogP contribution in [-0.2, 0) is 23.7 Å². The van der Waals surface area contributed by atoms with E-state index in [0.717, 1.165) is 55.4 Å². The molecule has 2 aliphatic rings. The number of carbonyl (C=O) groups is 2. The second-order valence-electron chi connectivity index (χ2n) is 15.6. The second kappa shape index (κ2) is 28.4. The Hall–Kier alpha value is -3.06. The third kappa shape index (κ3) is 17.3. The first-order chi connectivity index (χ1) is 28.1. The van der Waals surface area contributed by atoms with Gasteiger partial charge in [0.15, 0.2) is 24.7 Å². The van der Waals surface area contributed by atoms with E-state index in [4.69, 9.17) is 23.7 Å². The summed E-state index contributed by atoms with van der Waals surface area (Å²) in [5.41, 5.74) is -1.55. The Kier molecular flexibility index (Phi) is 24.2. The zero-order chi connectivity index (χ0) is 42.1. The molecule has 17 nitrogen and oxygen atoms in total. The Balaban J connectivity index is 1.67. The monoisotopic (exact) mass is 829 g/mol. The number of alkyl carbamates (subject to hydrolysis) is 2. The highest BCUT2D eigenvalue weighted by Gasteiger charge is 2.52. The minimum atomic E-state index is -1.73. The van der Waals surface area contributed by atoms with E-state index >= 15 is 0 Å². The Labute approximate surface area is 342 Å². The number of aromatic amines is 1. The largest absolute Gasteiger partial charge is 0.439 e. The second-order valence-corrected chi connectivity index (χ2v) is 15.6. The SMILES string of the molecule is CCCCCCCCCCCCNC(=O)OC1[C@@H](CO[C@@H]2OC(CO)[C@@H](O)[C@H](O)C2O)O[C@@H](n2ccc(=O)[nH]c2=O)[C@H]1OC(=O)NCCCCCCCCCCCC. The van der Waals surface area contributed by atoms with Gasteiger partial charge < -0.3 is 54.7 Å². The van der Waals surface area contributed by atoms with Crippen LogP contribution in [-0.4, -0.2) is 117 Å². The third-order valence-electron chi connectivity index (χ3n) is 10.8. The molecule has 0 spiro atoms. The number of carbonyl (C=O) groups excluding carboxylic acids is 2. The van der Waals surface area contributed by atoms with Crippen LogP contribution in [0.15, 0.2) is 21.9 Å². The Morgan fingerprint density at radius 1 is 0.672 bits per heavy atom. The molecule has 58 heavy (non-hydrogen) atoms. The summed E-state index contributed by atoms with van der Waals surface area (Å²) in [5.74, 6) is 0.